The van der Waals surface area contributed by atoms with E-state index in [9.17, 15) is 9.59 Å². The van der Waals surface area contributed by atoms with Crippen molar-refractivity contribution < 1.29 is 9.59 Å². The highest BCUT2D eigenvalue weighted by atomic mass is 79.9. The molecule has 0 saturated carbocycles. The van der Waals surface area contributed by atoms with Gasteiger partial charge in [0.1, 0.15) is 0 Å². The summed E-state index contributed by atoms with van der Waals surface area (Å²) < 4.78 is 0.886. The maximum absolute atomic E-state index is 11.6. The second-order valence-corrected chi connectivity index (χ2v) is 4.30. The molecule has 1 rings (SSSR count). The van der Waals surface area contributed by atoms with E-state index in [1.165, 1.54) is 0 Å². The summed E-state index contributed by atoms with van der Waals surface area (Å²) in [6, 6.07) is 7.06. The zero-order chi connectivity index (χ0) is 12.8. The Morgan fingerprint density at radius 3 is 2.24 bits per heavy atom. The first-order valence-corrected chi connectivity index (χ1v) is 5.63. The monoisotopic (exact) mass is 300 g/mol. The molecule has 6 N–H and O–H groups in total. The third-order valence-electron chi connectivity index (χ3n) is 2.28. The molecule has 92 valence electrons. The molecule has 17 heavy (non-hydrogen) atoms. The Balaban J connectivity index is 2.93. The van der Waals surface area contributed by atoms with E-state index in [4.69, 9.17) is 11.7 Å². The van der Waals surface area contributed by atoms with Crippen molar-refractivity contribution in [3.8, 4) is 0 Å². The second-order valence-electron chi connectivity index (χ2n) is 3.38. The number of hydrazine groups is 2. The number of carbonyl (C=O) groups excluding carboxylic acids is 2. The molecule has 7 heteroatoms. The first kappa shape index (κ1) is 13.6. The minimum Gasteiger partial charge on any atom is -0.294 e. The standard InChI is InChI=1S/C10H13BrN4O2/c11-7-3-1-6(2-4-7)8(10(17)15-13)5-9(16)14-12/h1-4,8H,5,12-13H2,(H,14,16)(H,15,17)/t8-/m0/s1. The minimum absolute atomic E-state index is 0.0544. The quantitative estimate of drug-likeness (QED) is 0.354. The van der Waals surface area contributed by atoms with Gasteiger partial charge in [0.15, 0.2) is 0 Å². The summed E-state index contributed by atoms with van der Waals surface area (Å²) >= 11 is 3.29. The molecule has 1 atom stereocenters. The zero-order valence-corrected chi connectivity index (χ0v) is 10.5. The number of nitrogens with two attached hydrogens (primary N) is 2. The molecule has 0 radical (unpaired) electrons. The molecule has 0 aliphatic carbocycles. The molecule has 0 aromatic heterocycles. The normalized spacial score (nSPS) is 11.7. The van der Waals surface area contributed by atoms with Crippen LogP contribution in [0.2, 0.25) is 0 Å². The van der Waals surface area contributed by atoms with Crippen LogP contribution in [0.25, 0.3) is 0 Å². The lowest BCUT2D eigenvalue weighted by atomic mass is 9.95. The number of nitrogens with one attached hydrogen (secondary N) is 2. The van der Waals surface area contributed by atoms with Crippen LogP contribution in [0.15, 0.2) is 28.7 Å². The average molecular weight is 301 g/mol. The second kappa shape index (κ2) is 6.33. The van der Waals surface area contributed by atoms with Gasteiger partial charge in [-0.3, -0.25) is 20.4 Å². The lowest BCUT2D eigenvalue weighted by Crippen LogP contribution is -2.38. The first-order valence-electron chi connectivity index (χ1n) is 4.84. The fourth-order valence-electron chi connectivity index (χ4n) is 1.40. The highest BCUT2D eigenvalue weighted by Crippen LogP contribution is 2.21. The van der Waals surface area contributed by atoms with Gasteiger partial charge in [0.05, 0.1) is 5.92 Å². The molecule has 0 aliphatic rings. The van der Waals surface area contributed by atoms with Gasteiger partial charge in [-0.05, 0) is 17.7 Å². The van der Waals surface area contributed by atoms with E-state index in [0.717, 1.165) is 4.47 Å². The summed E-state index contributed by atoms with van der Waals surface area (Å²) in [6.07, 6.45) is -0.0544. The van der Waals surface area contributed by atoms with E-state index in [0.29, 0.717) is 5.56 Å². The molecule has 0 fully saturated rings. The van der Waals surface area contributed by atoms with E-state index in [2.05, 4.69) is 15.9 Å². The topological polar surface area (TPSA) is 110 Å². The van der Waals surface area contributed by atoms with Crippen molar-refractivity contribution in [3.05, 3.63) is 34.3 Å². The maximum Gasteiger partial charge on any atom is 0.241 e. The molecule has 1 aromatic rings. The van der Waals surface area contributed by atoms with Crippen molar-refractivity contribution in [2.24, 2.45) is 11.7 Å². The van der Waals surface area contributed by atoms with E-state index < -0.39 is 17.7 Å². The van der Waals surface area contributed by atoms with E-state index in [-0.39, 0.29) is 6.42 Å². The zero-order valence-electron chi connectivity index (χ0n) is 8.94. The van der Waals surface area contributed by atoms with Crippen LogP contribution in [0.3, 0.4) is 0 Å². The SMILES string of the molecule is NNC(=O)C[C@H](C(=O)NN)c1ccc(Br)cc1. The molecule has 6 nitrogen and oxygen atoms in total. The van der Waals surface area contributed by atoms with Crippen molar-refractivity contribution in [1.29, 1.82) is 0 Å². The van der Waals surface area contributed by atoms with Crippen LogP contribution in [0.5, 0.6) is 0 Å². The fraction of sp³-hybridized carbons (Fsp3) is 0.200. The number of hydrogen-bond acceptors (Lipinski definition) is 4. The average Bonchev–Trinajstić information content (AvgIpc) is 2.36. The van der Waals surface area contributed by atoms with Crippen LogP contribution in [0, 0.1) is 0 Å². The van der Waals surface area contributed by atoms with Crippen molar-refractivity contribution in [2.75, 3.05) is 0 Å². The van der Waals surface area contributed by atoms with Gasteiger partial charge in [-0.1, -0.05) is 28.1 Å². The highest BCUT2D eigenvalue weighted by molar-refractivity contribution is 9.10. The Hall–Kier alpha value is -1.44. The summed E-state index contributed by atoms with van der Waals surface area (Å²) in [4.78, 5) is 22.8. The molecule has 0 unspecified atom stereocenters. The molecule has 0 saturated heterocycles. The molecule has 1 aromatic carbocycles. The predicted molar refractivity (Wildman–Crippen MR) is 66.2 cm³/mol. The maximum atomic E-state index is 11.6. The minimum atomic E-state index is -0.656. The van der Waals surface area contributed by atoms with Gasteiger partial charge >= 0.3 is 0 Å². The van der Waals surface area contributed by atoms with Crippen molar-refractivity contribution >= 4 is 27.7 Å². The first-order chi connectivity index (χ1) is 8.08. The Morgan fingerprint density at radius 1 is 1.18 bits per heavy atom. The summed E-state index contributed by atoms with van der Waals surface area (Å²) in [6.45, 7) is 0. The van der Waals surface area contributed by atoms with Crippen molar-refractivity contribution in [3.63, 3.8) is 0 Å². The third-order valence-corrected chi connectivity index (χ3v) is 2.81. The van der Waals surface area contributed by atoms with Crippen LogP contribution in [0.1, 0.15) is 17.9 Å². The van der Waals surface area contributed by atoms with Gasteiger partial charge in [-0.2, -0.15) is 0 Å². The third kappa shape index (κ3) is 3.81. The van der Waals surface area contributed by atoms with Crippen LogP contribution in [-0.4, -0.2) is 11.8 Å². The molecule has 0 bridgehead atoms. The number of benzene rings is 1. The summed E-state index contributed by atoms with van der Waals surface area (Å²) in [7, 11) is 0. The number of carbonyl (C=O) groups is 2. The lowest BCUT2D eigenvalue weighted by molar-refractivity contribution is -0.127. The van der Waals surface area contributed by atoms with Crippen LogP contribution < -0.4 is 22.5 Å². The van der Waals surface area contributed by atoms with Crippen molar-refractivity contribution in [2.45, 2.75) is 12.3 Å². The van der Waals surface area contributed by atoms with Crippen LogP contribution in [-0.2, 0) is 9.59 Å². The Labute approximate surface area is 107 Å². The smallest absolute Gasteiger partial charge is 0.241 e. The van der Waals surface area contributed by atoms with E-state index in [1.807, 2.05) is 10.9 Å². The van der Waals surface area contributed by atoms with Crippen LogP contribution >= 0.6 is 15.9 Å². The van der Waals surface area contributed by atoms with Gasteiger partial charge in [0, 0.05) is 10.9 Å². The molecule has 0 heterocycles. The van der Waals surface area contributed by atoms with Crippen LogP contribution in [0.4, 0.5) is 0 Å². The molecular weight excluding hydrogens is 288 g/mol. The number of amides is 2. The van der Waals surface area contributed by atoms with E-state index in [1.54, 1.807) is 24.3 Å². The highest BCUT2D eigenvalue weighted by Gasteiger charge is 2.22. The van der Waals surface area contributed by atoms with Gasteiger partial charge in [0.25, 0.3) is 0 Å². The lowest BCUT2D eigenvalue weighted by Gasteiger charge is -2.14. The summed E-state index contributed by atoms with van der Waals surface area (Å²) in [5, 5.41) is 0. The summed E-state index contributed by atoms with van der Waals surface area (Å²) in [5.41, 5.74) is 4.72. The number of halogens is 1. The van der Waals surface area contributed by atoms with Crippen molar-refractivity contribution in [1.82, 2.24) is 10.9 Å². The Kier molecular flexibility index (Phi) is 5.08. The fourth-order valence-corrected chi connectivity index (χ4v) is 1.67. The van der Waals surface area contributed by atoms with Gasteiger partial charge < -0.3 is 0 Å². The Morgan fingerprint density at radius 2 is 1.76 bits per heavy atom. The van der Waals surface area contributed by atoms with Gasteiger partial charge in [0.2, 0.25) is 11.8 Å². The molecule has 2 amide bonds. The Bertz CT molecular complexity index is 407. The summed E-state index contributed by atoms with van der Waals surface area (Å²) in [5.74, 6) is 8.56. The molecule has 0 spiro atoms. The predicted octanol–water partition coefficient (Wildman–Crippen LogP) is -0.0974. The van der Waals surface area contributed by atoms with Gasteiger partial charge in [-0.15, -0.1) is 0 Å². The largest absolute Gasteiger partial charge is 0.294 e. The number of hydrogen-bond donors (Lipinski definition) is 4. The molecular formula is C10H13BrN4O2. The molecule has 0 aliphatic heterocycles. The van der Waals surface area contributed by atoms with Gasteiger partial charge in [-0.25, -0.2) is 11.7 Å². The van der Waals surface area contributed by atoms with E-state index >= 15 is 0 Å². The number of rotatable bonds is 4.